The molecule has 22 heavy (non-hydrogen) atoms. The highest BCUT2D eigenvalue weighted by atomic mass is 16.5. The van der Waals surface area contributed by atoms with Gasteiger partial charge in [0.05, 0.1) is 19.0 Å². The third kappa shape index (κ3) is 1.91. The lowest BCUT2D eigenvalue weighted by Gasteiger charge is -1.99. The van der Waals surface area contributed by atoms with E-state index in [2.05, 4.69) is 24.9 Å². The summed E-state index contributed by atoms with van der Waals surface area (Å²) in [6, 6.07) is 7.51. The maximum absolute atomic E-state index is 12.2. The predicted octanol–water partition coefficient (Wildman–Crippen LogP) is 1.87. The molecule has 2 N–H and O–H groups in total. The molecule has 0 unspecified atom stereocenters. The Bertz CT molecular complexity index is 1050. The Balaban J connectivity index is 1.94. The molecule has 7 heteroatoms. The van der Waals surface area contributed by atoms with Crippen LogP contribution in [0.15, 0.2) is 41.6 Å². The summed E-state index contributed by atoms with van der Waals surface area (Å²) in [5.41, 5.74) is 2.49. The van der Waals surface area contributed by atoms with Crippen molar-refractivity contribution in [2.24, 2.45) is 0 Å². The lowest BCUT2D eigenvalue weighted by molar-refractivity contribution is 0.415. The number of methoxy groups -OCH3 is 1. The van der Waals surface area contributed by atoms with Crippen LogP contribution in [0.1, 0.15) is 0 Å². The standard InChI is InChI=1S/C15H11N5O2/c1-22-9-2-3-10-8(4-9)5-11(18-10)13-15(21)19-12-6-16-7-17-14(12)20-13/h2-7,18H,1H3,(H,19,21). The molecule has 0 radical (unpaired) electrons. The normalized spacial score (nSPS) is 11.1. The summed E-state index contributed by atoms with van der Waals surface area (Å²) in [7, 11) is 1.62. The molecule has 0 aliphatic rings. The van der Waals surface area contributed by atoms with Crippen molar-refractivity contribution in [3.05, 3.63) is 47.1 Å². The van der Waals surface area contributed by atoms with Crippen molar-refractivity contribution >= 4 is 22.1 Å². The first kappa shape index (κ1) is 12.5. The van der Waals surface area contributed by atoms with Crippen LogP contribution in [0.4, 0.5) is 0 Å². The van der Waals surface area contributed by atoms with Crippen molar-refractivity contribution in [1.82, 2.24) is 24.9 Å². The molecule has 4 rings (SSSR count). The van der Waals surface area contributed by atoms with Crippen LogP contribution in [-0.2, 0) is 0 Å². The number of aromatic amines is 2. The lowest BCUT2D eigenvalue weighted by atomic mass is 10.2. The van der Waals surface area contributed by atoms with Crippen molar-refractivity contribution < 1.29 is 4.74 Å². The summed E-state index contributed by atoms with van der Waals surface area (Å²) >= 11 is 0. The molecule has 108 valence electrons. The van der Waals surface area contributed by atoms with Crippen molar-refractivity contribution in [2.75, 3.05) is 7.11 Å². The Morgan fingerprint density at radius 1 is 1.14 bits per heavy atom. The highest BCUT2D eigenvalue weighted by molar-refractivity contribution is 5.86. The number of ether oxygens (including phenoxy) is 1. The third-order valence-corrected chi connectivity index (χ3v) is 3.46. The Hall–Kier alpha value is -3.22. The Morgan fingerprint density at radius 2 is 2.05 bits per heavy atom. The van der Waals surface area contributed by atoms with E-state index in [1.807, 2.05) is 24.3 Å². The number of fused-ring (bicyclic) bond motifs is 2. The van der Waals surface area contributed by atoms with E-state index in [4.69, 9.17) is 4.74 Å². The maximum Gasteiger partial charge on any atom is 0.276 e. The summed E-state index contributed by atoms with van der Waals surface area (Å²) in [6.45, 7) is 0. The van der Waals surface area contributed by atoms with Crippen molar-refractivity contribution in [2.45, 2.75) is 0 Å². The van der Waals surface area contributed by atoms with Gasteiger partial charge in [-0.25, -0.2) is 15.0 Å². The fourth-order valence-electron chi connectivity index (χ4n) is 2.39. The van der Waals surface area contributed by atoms with Crippen molar-refractivity contribution in [1.29, 1.82) is 0 Å². The van der Waals surface area contributed by atoms with E-state index in [1.165, 1.54) is 12.5 Å². The number of hydrogen-bond acceptors (Lipinski definition) is 5. The molecular weight excluding hydrogens is 282 g/mol. The minimum Gasteiger partial charge on any atom is -0.497 e. The van der Waals surface area contributed by atoms with E-state index < -0.39 is 0 Å². The number of H-pyrrole nitrogens is 2. The lowest BCUT2D eigenvalue weighted by Crippen LogP contribution is -2.12. The van der Waals surface area contributed by atoms with E-state index >= 15 is 0 Å². The van der Waals surface area contributed by atoms with Gasteiger partial charge in [0.1, 0.15) is 17.6 Å². The smallest absolute Gasteiger partial charge is 0.276 e. The molecule has 3 aromatic heterocycles. The van der Waals surface area contributed by atoms with Gasteiger partial charge in [-0.15, -0.1) is 0 Å². The van der Waals surface area contributed by atoms with Gasteiger partial charge in [0.15, 0.2) is 11.3 Å². The summed E-state index contributed by atoms with van der Waals surface area (Å²) < 4.78 is 5.20. The molecule has 0 amide bonds. The fraction of sp³-hybridized carbons (Fsp3) is 0.0667. The molecular formula is C15H11N5O2. The first-order valence-electron chi connectivity index (χ1n) is 6.62. The summed E-state index contributed by atoms with van der Waals surface area (Å²) in [5.74, 6) is 0.756. The molecule has 0 saturated heterocycles. The van der Waals surface area contributed by atoms with Gasteiger partial charge in [-0.05, 0) is 24.3 Å². The number of nitrogens with one attached hydrogen (secondary N) is 2. The second kappa shape index (κ2) is 4.66. The largest absolute Gasteiger partial charge is 0.497 e. The molecule has 0 aliphatic heterocycles. The third-order valence-electron chi connectivity index (χ3n) is 3.46. The minimum absolute atomic E-state index is 0.291. The summed E-state index contributed by atoms with van der Waals surface area (Å²) in [6.07, 6.45) is 2.92. The van der Waals surface area contributed by atoms with Gasteiger partial charge in [0, 0.05) is 10.9 Å². The molecule has 1 aromatic carbocycles. The Labute approximate surface area is 124 Å². The van der Waals surface area contributed by atoms with Gasteiger partial charge in [-0.2, -0.15) is 0 Å². The molecule has 0 saturated carbocycles. The minimum atomic E-state index is -0.291. The van der Waals surface area contributed by atoms with Gasteiger partial charge in [-0.1, -0.05) is 0 Å². The second-order valence-electron chi connectivity index (χ2n) is 4.81. The van der Waals surface area contributed by atoms with E-state index in [-0.39, 0.29) is 5.56 Å². The average molecular weight is 293 g/mol. The molecule has 7 nitrogen and oxygen atoms in total. The first-order valence-corrected chi connectivity index (χ1v) is 6.62. The highest BCUT2D eigenvalue weighted by Gasteiger charge is 2.11. The molecule has 3 heterocycles. The van der Waals surface area contributed by atoms with Gasteiger partial charge in [-0.3, -0.25) is 4.79 Å². The van der Waals surface area contributed by atoms with Gasteiger partial charge in [0.25, 0.3) is 5.56 Å². The van der Waals surface area contributed by atoms with Crippen LogP contribution in [0.5, 0.6) is 5.75 Å². The topological polar surface area (TPSA) is 96.5 Å². The zero-order valence-electron chi connectivity index (χ0n) is 11.6. The van der Waals surface area contributed by atoms with Gasteiger partial charge in [0.2, 0.25) is 0 Å². The number of nitrogens with zero attached hydrogens (tertiary/aromatic N) is 3. The zero-order chi connectivity index (χ0) is 15.1. The maximum atomic E-state index is 12.2. The molecule has 0 spiro atoms. The Kier molecular flexibility index (Phi) is 2.65. The van der Waals surface area contributed by atoms with Crippen LogP contribution in [0.3, 0.4) is 0 Å². The molecule has 0 fully saturated rings. The van der Waals surface area contributed by atoms with Gasteiger partial charge < -0.3 is 14.7 Å². The number of aromatic nitrogens is 5. The van der Waals surface area contributed by atoms with Crippen LogP contribution in [-0.4, -0.2) is 32.0 Å². The molecule has 0 aliphatic carbocycles. The van der Waals surface area contributed by atoms with E-state index in [1.54, 1.807) is 7.11 Å². The average Bonchev–Trinajstić information content (AvgIpc) is 2.96. The zero-order valence-corrected chi connectivity index (χ0v) is 11.6. The fourth-order valence-corrected chi connectivity index (χ4v) is 2.39. The quantitative estimate of drug-likeness (QED) is 0.588. The monoisotopic (exact) mass is 293 g/mol. The molecule has 0 atom stereocenters. The number of rotatable bonds is 2. The van der Waals surface area contributed by atoms with Crippen LogP contribution < -0.4 is 10.3 Å². The second-order valence-corrected chi connectivity index (χ2v) is 4.81. The SMILES string of the molecule is COc1ccc2[nH]c(-c3nc4ncncc4[nH]c3=O)cc2c1. The van der Waals surface area contributed by atoms with Crippen LogP contribution in [0.2, 0.25) is 0 Å². The van der Waals surface area contributed by atoms with E-state index in [0.717, 1.165) is 16.7 Å². The molecule has 0 bridgehead atoms. The predicted molar refractivity (Wildman–Crippen MR) is 81.8 cm³/mol. The first-order chi connectivity index (χ1) is 10.7. The van der Waals surface area contributed by atoms with Crippen molar-refractivity contribution in [3.63, 3.8) is 0 Å². The summed E-state index contributed by atoms with van der Waals surface area (Å²) in [4.78, 5) is 30.4. The highest BCUT2D eigenvalue weighted by Crippen LogP contribution is 2.25. The van der Waals surface area contributed by atoms with Crippen LogP contribution in [0.25, 0.3) is 33.5 Å². The molecule has 4 aromatic rings. The van der Waals surface area contributed by atoms with Crippen LogP contribution in [0, 0.1) is 0 Å². The summed E-state index contributed by atoms with van der Waals surface area (Å²) in [5, 5.41) is 0.943. The number of hydrogen-bond donors (Lipinski definition) is 2. The Morgan fingerprint density at radius 3 is 2.91 bits per heavy atom. The van der Waals surface area contributed by atoms with Crippen LogP contribution >= 0.6 is 0 Å². The van der Waals surface area contributed by atoms with Crippen molar-refractivity contribution in [3.8, 4) is 17.1 Å². The number of benzene rings is 1. The van der Waals surface area contributed by atoms with Gasteiger partial charge >= 0.3 is 0 Å². The van der Waals surface area contributed by atoms with E-state index in [9.17, 15) is 4.79 Å². The van der Waals surface area contributed by atoms with E-state index in [0.29, 0.717) is 22.6 Å².